The standard InChI is InChI=1S/C14H17F3N2O2.ClH/c15-14(16,17)6-5-9-1-3-10(4-2-9)19-13(21)12-7-11(20)8-18-12;/h1-4,11-12,18,20H,5-8H2,(H,19,21);1H. The molecule has 0 bridgehead atoms. The third-order valence-corrected chi connectivity index (χ3v) is 3.34. The van der Waals surface area contributed by atoms with Gasteiger partial charge in [0.25, 0.3) is 0 Å². The average Bonchev–Trinajstić information content (AvgIpc) is 2.84. The van der Waals surface area contributed by atoms with Gasteiger partial charge in [0.2, 0.25) is 5.91 Å². The van der Waals surface area contributed by atoms with Crippen molar-refractivity contribution >= 4 is 24.0 Å². The molecule has 2 unspecified atom stereocenters. The Bertz CT molecular complexity index is 494. The van der Waals surface area contributed by atoms with Crippen LogP contribution in [0.2, 0.25) is 0 Å². The van der Waals surface area contributed by atoms with E-state index in [1.807, 2.05) is 0 Å². The number of aliphatic hydroxyl groups excluding tert-OH is 1. The molecule has 1 saturated heterocycles. The summed E-state index contributed by atoms with van der Waals surface area (Å²) in [4.78, 5) is 11.9. The van der Waals surface area contributed by atoms with Crippen molar-refractivity contribution in [2.24, 2.45) is 0 Å². The quantitative estimate of drug-likeness (QED) is 0.789. The molecule has 1 fully saturated rings. The van der Waals surface area contributed by atoms with Gasteiger partial charge in [0.15, 0.2) is 0 Å². The first-order valence-electron chi connectivity index (χ1n) is 6.71. The van der Waals surface area contributed by atoms with Crippen molar-refractivity contribution in [2.75, 3.05) is 11.9 Å². The summed E-state index contributed by atoms with van der Waals surface area (Å²) in [7, 11) is 0. The van der Waals surface area contributed by atoms with Crippen LogP contribution < -0.4 is 10.6 Å². The van der Waals surface area contributed by atoms with Crippen LogP contribution in [0.5, 0.6) is 0 Å². The number of aliphatic hydroxyl groups is 1. The smallest absolute Gasteiger partial charge is 0.389 e. The molecule has 0 spiro atoms. The lowest BCUT2D eigenvalue weighted by Crippen LogP contribution is -2.35. The molecule has 1 heterocycles. The molecule has 2 atom stereocenters. The van der Waals surface area contributed by atoms with Crippen molar-refractivity contribution in [3.8, 4) is 0 Å². The molecule has 0 aliphatic carbocycles. The topological polar surface area (TPSA) is 61.4 Å². The fraction of sp³-hybridized carbons (Fsp3) is 0.500. The number of anilines is 1. The van der Waals surface area contributed by atoms with Gasteiger partial charge in [-0.25, -0.2) is 0 Å². The number of benzene rings is 1. The minimum Gasteiger partial charge on any atom is -0.392 e. The maximum atomic E-state index is 12.1. The molecule has 1 aliphatic heterocycles. The predicted octanol–water partition coefficient (Wildman–Crippen LogP) is 2.26. The van der Waals surface area contributed by atoms with E-state index < -0.39 is 24.7 Å². The SMILES string of the molecule is Cl.O=C(Nc1ccc(CCC(F)(F)F)cc1)C1CC(O)CN1. The number of alkyl halides is 3. The number of β-amino-alcohol motifs (C(OH)–C–C–N with tert-alkyl or cyclic N) is 1. The van der Waals surface area contributed by atoms with Gasteiger partial charge in [-0.3, -0.25) is 4.79 Å². The van der Waals surface area contributed by atoms with Crippen molar-refractivity contribution in [2.45, 2.75) is 37.6 Å². The second-order valence-electron chi connectivity index (χ2n) is 5.15. The van der Waals surface area contributed by atoms with Crippen molar-refractivity contribution in [3.63, 3.8) is 0 Å². The van der Waals surface area contributed by atoms with Crippen molar-refractivity contribution in [1.82, 2.24) is 5.32 Å². The van der Waals surface area contributed by atoms with E-state index in [1.54, 1.807) is 24.3 Å². The lowest BCUT2D eigenvalue weighted by atomic mass is 10.1. The van der Waals surface area contributed by atoms with Gasteiger partial charge in [-0.15, -0.1) is 12.4 Å². The maximum absolute atomic E-state index is 12.1. The van der Waals surface area contributed by atoms with Crippen LogP contribution in [0.25, 0.3) is 0 Å². The molecule has 3 N–H and O–H groups in total. The molecule has 1 amide bonds. The number of amides is 1. The van der Waals surface area contributed by atoms with Gasteiger partial charge in [-0.05, 0) is 30.5 Å². The number of hydrogen-bond acceptors (Lipinski definition) is 3. The lowest BCUT2D eigenvalue weighted by Gasteiger charge is -2.11. The molecule has 1 aromatic carbocycles. The van der Waals surface area contributed by atoms with Gasteiger partial charge in [-0.1, -0.05) is 12.1 Å². The fourth-order valence-corrected chi connectivity index (χ4v) is 2.19. The van der Waals surface area contributed by atoms with Gasteiger partial charge in [0.05, 0.1) is 12.1 Å². The molecule has 0 saturated carbocycles. The van der Waals surface area contributed by atoms with Crippen LogP contribution in [0.3, 0.4) is 0 Å². The maximum Gasteiger partial charge on any atom is 0.389 e. The summed E-state index contributed by atoms with van der Waals surface area (Å²) in [6.45, 7) is 0.383. The summed E-state index contributed by atoms with van der Waals surface area (Å²) in [5.41, 5.74) is 1.10. The summed E-state index contributed by atoms with van der Waals surface area (Å²) < 4.78 is 36.3. The van der Waals surface area contributed by atoms with Gasteiger partial charge in [0.1, 0.15) is 0 Å². The van der Waals surface area contributed by atoms with Gasteiger partial charge in [0, 0.05) is 18.7 Å². The Kier molecular flexibility index (Phi) is 6.65. The fourth-order valence-electron chi connectivity index (χ4n) is 2.19. The molecule has 8 heteroatoms. The summed E-state index contributed by atoms with van der Waals surface area (Å²) in [5.74, 6) is -0.255. The summed E-state index contributed by atoms with van der Waals surface area (Å²) in [6, 6.07) is 5.85. The molecule has 1 aliphatic rings. The molecule has 124 valence electrons. The minimum absolute atomic E-state index is 0. The van der Waals surface area contributed by atoms with Crippen molar-refractivity contribution in [1.29, 1.82) is 0 Å². The second-order valence-corrected chi connectivity index (χ2v) is 5.15. The van der Waals surface area contributed by atoms with E-state index in [0.717, 1.165) is 0 Å². The highest BCUT2D eigenvalue weighted by molar-refractivity contribution is 5.95. The monoisotopic (exact) mass is 338 g/mol. The molecule has 2 rings (SSSR count). The Morgan fingerprint density at radius 2 is 1.95 bits per heavy atom. The molecular formula is C14H18ClF3N2O2. The molecule has 1 aromatic rings. The highest BCUT2D eigenvalue weighted by Crippen LogP contribution is 2.22. The minimum atomic E-state index is -4.16. The van der Waals surface area contributed by atoms with Crippen LogP contribution in [-0.4, -0.2) is 35.9 Å². The predicted molar refractivity (Wildman–Crippen MR) is 79.1 cm³/mol. The van der Waals surface area contributed by atoms with E-state index >= 15 is 0 Å². The third-order valence-electron chi connectivity index (χ3n) is 3.34. The normalized spacial score (nSPS) is 21.3. The lowest BCUT2D eigenvalue weighted by molar-refractivity contribution is -0.134. The van der Waals surface area contributed by atoms with Crippen molar-refractivity contribution < 1.29 is 23.1 Å². The first-order valence-corrected chi connectivity index (χ1v) is 6.71. The molecule has 0 radical (unpaired) electrons. The van der Waals surface area contributed by atoms with Gasteiger partial charge >= 0.3 is 6.18 Å². The third kappa shape index (κ3) is 5.82. The number of rotatable bonds is 4. The first kappa shape index (κ1) is 18.7. The van der Waals surface area contributed by atoms with E-state index in [0.29, 0.717) is 24.2 Å². The number of hydrogen-bond donors (Lipinski definition) is 3. The summed E-state index contributed by atoms with van der Waals surface area (Å²) >= 11 is 0. The Hall–Kier alpha value is -1.31. The molecule has 4 nitrogen and oxygen atoms in total. The van der Waals surface area contributed by atoms with E-state index in [4.69, 9.17) is 0 Å². The van der Waals surface area contributed by atoms with Gasteiger partial charge < -0.3 is 15.7 Å². The largest absolute Gasteiger partial charge is 0.392 e. The number of carbonyl (C=O) groups excluding carboxylic acids is 1. The zero-order valence-corrected chi connectivity index (χ0v) is 12.5. The Labute approximate surface area is 132 Å². The molecule has 22 heavy (non-hydrogen) atoms. The van der Waals surface area contributed by atoms with Crippen LogP contribution in [0, 0.1) is 0 Å². The highest BCUT2D eigenvalue weighted by atomic mass is 35.5. The van der Waals surface area contributed by atoms with E-state index in [2.05, 4.69) is 10.6 Å². The zero-order valence-electron chi connectivity index (χ0n) is 11.7. The van der Waals surface area contributed by atoms with Crippen LogP contribution in [0.1, 0.15) is 18.4 Å². The van der Waals surface area contributed by atoms with E-state index in [-0.39, 0.29) is 24.7 Å². The van der Waals surface area contributed by atoms with Crippen molar-refractivity contribution in [3.05, 3.63) is 29.8 Å². The number of aryl methyl sites for hydroxylation is 1. The average molecular weight is 339 g/mol. The molecule has 0 aromatic heterocycles. The van der Waals surface area contributed by atoms with Crippen LogP contribution >= 0.6 is 12.4 Å². The van der Waals surface area contributed by atoms with Crippen LogP contribution in [0.4, 0.5) is 18.9 Å². The van der Waals surface area contributed by atoms with Crippen LogP contribution in [0.15, 0.2) is 24.3 Å². The zero-order chi connectivity index (χ0) is 15.5. The van der Waals surface area contributed by atoms with Gasteiger partial charge in [-0.2, -0.15) is 13.2 Å². The number of halogens is 4. The van der Waals surface area contributed by atoms with E-state index in [1.165, 1.54) is 0 Å². The Morgan fingerprint density at radius 3 is 2.45 bits per heavy atom. The number of nitrogens with one attached hydrogen (secondary N) is 2. The number of carbonyl (C=O) groups is 1. The molecular weight excluding hydrogens is 321 g/mol. The Balaban J connectivity index is 0.00000242. The Morgan fingerprint density at radius 1 is 1.32 bits per heavy atom. The summed E-state index contributed by atoms with van der Waals surface area (Å²) in [5, 5.41) is 14.9. The van der Waals surface area contributed by atoms with E-state index in [9.17, 15) is 23.1 Å². The second kappa shape index (κ2) is 7.80. The van der Waals surface area contributed by atoms with Crippen LogP contribution in [-0.2, 0) is 11.2 Å². The highest BCUT2D eigenvalue weighted by Gasteiger charge is 2.28. The summed E-state index contributed by atoms with van der Waals surface area (Å²) in [6.07, 6.45) is -5.26. The first-order chi connectivity index (χ1) is 9.83.